The molecule has 0 aromatic heterocycles. The molecular weight excluding hydrogens is 402 g/mol. The molecule has 2 aliphatic rings. The van der Waals surface area contributed by atoms with Gasteiger partial charge < -0.3 is 4.90 Å². The number of rotatable bonds is 5. The summed E-state index contributed by atoms with van der Waals surface area (Å²) < 4.78 is 0. The summed E-state index contributed by atoms with van der Waals surface area (Å²) in [7, 11) is 1.72. The summed E-state index contributed by atoms with van der Waals surface area (Å²) in [6.45, 7) is 0.413. The number of allylic oxidation sites excluding steroid dienone is 2. The van der Waals surface area contributed by atoms with Crippen molar-refractivity contribution in [2.24, 2.45) is 11.8 Å². The topological polar surface area (TPSA) is 69.7 Å². The van der Waals surface area contributed by atoms with E-state index in [9.17, 15) is 14.4 Å². The number of anilines is 1. The van der Waals surface area contributed by atoms with Crippen LogP contribution in [0.1, 0.15) is 28.8 Å². The van der Waals surface area contributed by atoms with Crippen molar-refractivity contribution in [3.05, 3.63) is 76.8 Å². The summed E-state index contributed by atoms with van der Waals surface area (Å²) >= 11 is 6.02. The van der Waals surface area contributed by atoms with Gasteiger partial charge in [0.25, 0.3) is 17.7 Å². The molecule has 0 bridgehead atoms. The maximum atomic E-state index is 12.9. The molecule has 154 valence electrons. The molecule has 6 nitrogen and oxygen atoms in total. The van der Waals surface area contributed by atoms with E-state index < -0.39 is 0 Å². The fourth-order valence-electron chi connectivity index (χ4n) is 3.96. The summed E-state index contributed by atoms with van der Waals surface area (Å²) in [5.74, 6) is -1.21. The SMILES string of the molecule is CN(Cc1cccc(Cl)c1)C(=O)c1cccc(NN2C(=O)[C@H]3CC=CC[C@@H]3C2=O)c1. The second-order valence-corrected chi connectivity index (χ2v) is 8.09. The van der Waals surface area contributed by atoms with Crippen LogP contribution in [0.25, 0.3) is 0 Å². The highest BCUT2D eigenvalue weighted by Gasteiger charge is 2.47. The zero-order chi connectivity index (χ0) is 21.3. The molecule has 0 radical (unpaired) electrons. The number of hydrazine groups is 1. The van der Waals surface area contributed by atoms with E-state index in [4.69, 9.17) is 11.6 Å². The standard InChI is InChI=1S/C23H22ClN3O3/c1-26(14-15-6-4-8-17(24)12-15)21(28)16-7-5-9-18(13-16)25-27-22(29)19-10-2-3-11-20(19)23(27)30/h2-9,12-13,19-20,25H,10-11,14H2,1H3/t19-,20-/m0/s1. The first kappa shape index (κ1) is 20.2. The maximum absolute atomic E-state index is 12.9. The number of carbonyl (C=O) groups excluding carboxylic acids is 3. The minimum Gasteiger partial charge on any atom is -0.337 e. The fourth-order valence-corrected chi connectivity index (χ4v) is 4.18. The Morgan fingerprint density at radius 1 is 1.07 bits per heavy atom. The Kier molecular flexibility index (Phi) is 5.59. The molecule has 0 unspecified atom stereocenters. The second kappa shape index (κ2) is 8.32. The summed E-state index contributed by atoms with van der Waals surface area (Å²) in [5.41, 5.74) is 4.81. The van der Waals surface area contributed by atoms with Crippen molar-refractivity contribution in [1.29, 1.82) is 0 Å². The zero-order valence-electron chi connectivity index (χ0n) is 16.5. The van der Waals surface area contributed by atoms with E-state index in [-0.39, 0.29) is 29.6 Å². The number of nitrogens with one attached hydrogen (secondary N) is 1. The highest BCUT2D eigenvalue weighted by molar-refractivity contribution is 6.30. The number of hydrogen-bond acceptors (Lipinski definition) is 4. The number of benzene rings is 2. The Hall–Kier alpha value is -3.12. The molecule has 30 heavy (non-hydrogen) atoms. The Balaban J connectivity index is 1.47. The number of amides is 3. The number of fused-ring (bicyclic) bond motifs is 1. The van der Waals surface area contributed by atoms with Crippen LogP contribution in [0.4, 0.5) is 5.69 Å². The molecule has 0 saturated carbocycles. The average Bonchev–Trinajstić information content (AvgIpc) is 2.98. The van der Waals surface area contributed by atoms with Crippen LogP contribution in [-0.2, 0) is 16.1 Å². The Morgan fingerprint density at radius 2 is 1.73 bits per heavy atom. The molecule has 2 atom stereocenters. The molecule has 1 fully saturated rings. The molecular formula is C23H22ClN3O3. The molecule has 1 N–H and O–H groups in total. The minimum absolute atomic E-state index is 0.171. The summed E-state index contributed by atoms with van der Waals surface area (Å²) in [4.78, 5) is 39.7. The van der Waals surface area contributed by atoms with Crippen LogP contribution in [0.5, 0.6) is 0 Å². The average molecular weight is 424 g/mol. The van der Waals surface area contributed by atoms with Crippen molar-refractivity contribution in [1.82, 2.24) is 9.91 Å². The van der Waals surface area contributed by atoms with E-state index in [0.29, 0.717) is 35.7 Å². The van der Waals surface area contributed by atoms with Gasteiger partial charge in [-0.1, -0.05) is 42.0 Å². The predicted octanol–water partition coefficient (Wildman–Crippen LogP) is 3.89. The zero-order valence-corrected chi connectivity index (χ0v) is 17.3. The van der Waals surface area contributed by atoms with Crippen molar-refractivity contribution in [2.75, 3.05) is 12.5 Å². The number of nitrogens with zero attached hydrogens (tertiary/aromatic N) is 2. The van der Waals surface area contributed by atoms with Crippen LogP contribution in [-0.4, -0.2) is 34.7 Å². The van der Waals surface area contributed by atoms with Crippen LogP contribution in [0.15, 0.2) is 60.7 Å². The van der Waals surface area contributed by atoms with E-state index in [1.54, 1.807) is 42.3 Å². The quantitative estimate of drug-likeness (QED) is 0.585. The van der Waals surface area contributed by atoms with E-state index in [2.05, 4.69) is 5.43 Å². The van der Waals surface area contributed by atoms with Gasteiger partial charge in [0.1, 0.15) is 0 Å². The van der Waals surface area contributed by atoms with Crippen molar-refractivity contribution in [2.45, 2.75) is 19.4 Å². The summed E-state index contributed by atoms with van der Waals surface area (Å²) in [6, 6.07) is 14.2. The lowest BCUT2D eigenvalue weighted by Gasteiger charge is -2.20. The van der Waals surface area contributed by atoms with Gasteiger partial charge in [0, 0.05) is 24.2 Å². The molecule has 7 heteroatoms. The summed E-state index contributed by atoms with van der Waals surface area (Å²) in [5, 5.41) is 1.72. The molecule has 1 heterocycles. The first-order valence-electron chi connectivity index (χ1n) is 9.83. The van der Waals surface area contributed by atoms with Crippen molar-refractivity contribution in [3.8, 4) is 0 Å². The van der Waals surface area contributed by atoms with Crippen LogP contribution in [0.2, 0.25) is 5.02 Å². The molecule has 0 spiro atoms. The van der Waals surface area contributed by atoms with E-state index >= 15 is 0 Å². The molecule has 1 aliphatic carbocycles. The van der Waals surface area contributed by atoms with Gasteiger partial charge in [-0.2, -0.15) is 5.01 Å². The van der Waals surface area contributed by atoms with Crippen LogP contribution >= 0.6 is 11.6 Å². The van der Waals surface area contributed by atoms with Gasteiger partial charge >= 0.3 is 0 Å². The van der Waals surface area contributed by atoms with Gasteiger partial charge in [-0.3, -0.25) is 19.8 Å². The third-order valence-corrected chi connectivity index (χ3v) is 5.75. The number of halogens is 1. The first-order valence-corrected chi connectivity index (χ1v) is 10.2. The van der Waals surface area contributed by atoms with Gasteiger partial charge in [0.05, 0.1) is 17.5 Å². The van der Waals surface area contributed by atoms with Crippen LogP contribution in [0, 0.1) is 11.8 Å². The molecule has 2 aromatic carbocycles. The highest BCUT2D eigenvalue weighted by atomic mass is 35.5. The third kappa shape index (κ3) is 3.96. The number of carbonyl (C=O) groups is 3. The smallest absolute Gasteiger partial charge is 0.253 e. The molecule has 1 aliphatic heterocycles. The second-order valence-electron chi connectivity index (χ2n) is 7.65. The van der Waals surface area contributed by atoms with E-state index in [1.165, 1.54) is 0 Å². The number of hydrogen-bond donors (Lipinski definition) is 1. The van der Waals surface area contributed by atoms with Gasteiger partial charge in [-0.25, -0.2) is 0 Å². The molecule has 4 rings (SSSR count). The Morgan fingerprint density at radius 3 is 2.40 bits per heavy atom. The van der Waals surface area contributed by atoms with Gasteiger partial charge in [-0.15, -0.1) is 0 Å². The first-order chi connectivity index (χ1) is 14.4. The fraction of sp³-hybridized carbons (Fsp3) is 0.261. The monoisotopic (exact) mass is 423 g/mol. The van der Waals surface area contributed by atoms with E-state index in [0.717, 1.165) is 10.6 Å². The van der Waals surface area contributed by atoms with Crippen molar-refractivity contribution in [3.63, 3.8) is 0 Å². The Labute approximate surface area is 180 Å². The van der Waals surface area contributed by atoms with Crippen LogP contribution in [0.3, 0.4) is 0 Å². The molecule has 2 aromatic rings. The Bertz CT molecular complexity index is 1010. The lowest BCUT2D eigenvalue weighted by atomic mass is 9.85. The van der Waals surface area contributed by atoms with Crippen molar-refractivity contribution < 1.29 is 14.4 Å². The van der Waals surface area contributed by atoms with Gasteiger partial charge in [0.2, 0.25) is 0 Å². The molecule has 1 saturated heterocycles. The molecule has 3 amide bonds. The predicted molar refractivity (Wildman–Crippen MR) is 115 cm³/mol. The van der Waals surface area contributed by atoms with Gasteiger partial charge in [-0.05, 0) is 48.7 Å². The van der Waals surface area contributed by atoms with Crippen LogP contribution < -0.4 is 5.43 Å². The lowest BCUT2D eigenvalue weighted by Crippen LogP contribution is -2.36. The number of imide groups is 1. The summed E-state index contributed by atoms with van der Waals surface area (Å²) in [6.07, 6.45) is 5.07. The largest absolute Gasteiger partial charge is 0.337 e. The van der Waals surface area contributed by atoms with Crippen molar-refractivity contribution >= 4 is 35.0 Å². The van der Waals surface area contributed by atoms with E-state index in [1.807, 2.05) is 30.4 Å². The highest BCUT2D eigenvalue weighted by Crippen LogP contribution is 2.35. The van der Waals surface area contributed by atoms with Gasteiger partial charge in [0.15, 0.2) is 0 Å². The lowest BCUT2D eigenvalue weighted by molar-refractivity contribution is -0.138. The minimum atomic E-state index is -0.302. The maximum Gasteiger partial charge on any atom is 0.253 e. The normalized spacial score (nSPS) is 20.3. The third-order valence-electron chi connectivity index (χ3n) is 5.51.